The van der Waals surface area contributed by atoms with Gasteiger partial charge in [0.15, 0.2) is 0 Å². The molecule has 1 amide bonds. The Morgan fingerprint density at radius 3 is 2.38 bits per heavy atom. The van der Waals surface area contributed by atoms with Crippen molar-refractivity contribution in [2.45, 2.75) is 18.9 Å². The molecule has 7 nitrogen and oxygen atoms in total. The zero-order valence-electron chi connectivity index (χ0n) is 14.2. The number of aromatic amines is 1. The Morgan fingerprint density at radius 2 is 1.77 bits per heavy atom. The number of tetrazole rings is 1. The Labute approximate surface area is 150 Å². The van der Waals surface area contributed by atoms with Crippen LogP contribution in [0.15, 0.2) is 48.5 Å². The van der Waals surface area contributed by atoms with Crippen molar-refractivity contribution in [3.05, 3.63) is 54.1 Å². The van der Waals surface area contributed by atoms with Gasteiger partial charge in [0, 0.05) is 24.3 Å². The van der Waals surface area contributed by atoms with Crippen LogP contribution in [0.5, 0.6) is 0 Å². The molecule has 0 aliphatic carbocycles. The molecule has 26 heavy (non-hydrogen) atoms. The van der Waals surface area contributed by atoms with Gasteiger partial charge in [-0.3, -0.25) is 4.79 Å². The van der Waals surface area contributed by atoms with Gasteiger partial charge in [0.25, 0.3) is 5.91 Å². The molecule has 2 N–H and O–H groups in total. The van der Waals surface area contributed by atoms with E-state index in [0.29, 0.717) is 17.9 Å². The van der Waals surface area contributed by atoms with E-state index in [4.69, 9.17) is 4.74 Å². The lowest BCUT2D eigenvalue weighted by Crippen LogP contribution is -2.31. The summed E-state index contributed by atoms with van der Waals surface area (Å²) in [5.74, 6) is 0.495. The number of benzene rings is 2. The summed E-state index contributed by atoms with van der Waals surface area (Å²) in [5, 5.41) is 16.9. The monoisotopic (exact) mass is 349 g/mol. The highest BCUT2D eigenvalue weighted by Crippen LogP contribution is 2.23. The minimum atomic E-state index is -0.0699. The summed E-state index contributed by atoms with van der Waals surface area (Å²) < 4.78 is 5.52. The van der Waals surface area contributed by atoms with Gasteiger partial charge in [-0.25, -0.2) is 0 Å². The number of carbonyl (C=O) groups is 1. The van der Waals surface area contributed by atoms with Crippen molar-refractivity contribution in [3.8, 4) is 22.5 Å². The van der Waals surface area contributed by atoms with Gasteiger partial charge in [-0.15, -0.1) is 10.2 Å². The van der Waals surface area contributed by atoms with Crippen LogP contribution in [0, 0.1) is 0 Å². The number of rotatable bonds is 5. The lowest BCUT2D eigenvalue weighted by Gasteiger charge is -2.11. The van der Waals surface area contributed by atoms with E-state index in [1.54, 1.807) is 0 Å². The van der Waals surface area contributed by atoms with Crippen molar-refractivity contribution in [1.29, 1.82) is 0 Å². The molecule has 1 aliphatic rings. The maximum Gasteiger partial charge on any atom is 0.251 e. The molecule has 2 aromatic carbocycles. The van der Waals surface area contributed by atoms with Gasteiger partial charge in [-0.1, -0.05) is 36.4 Å². The molecule has 1 aromatic heterocycles. The van der Waals surface area contributed by atoms with Crippen LogP contribution < -0.4 is 5.32 Å². The van der Waals surface area contributed by atoms with Crippen molar-refractivity contribution < 1.29 is 9.53 Å². The van der Waals surface area contributed by atoms with E-state index in [1.165, 1.54) is 0 Å². The second-order valence-corrected chi connectivity index (χ2v) is 6.24. The number of hydrogen-bond acceptors (Lipinski definition) is 5. The molecule has 4 rings (SSSR count). The molecular formula is C19H19N5O2. The molecular weight excluding hydrogens is 330 g/mol. The molecule has 1 unspecified atom stereocenters. The van der Waals surface area contributed by atoms with Gasteiger partial charge in [0.1, 0.15) is 0 Å². The Balaban J connectivity index is 1.41. The van der Waals surface area contributed by atoms with E-state index in [2.05, 4.69) is 25.9 Å². The second-order valence-electron chi connectivity index (χ2n) is 6.24. The molecule has 0 spiro atoms. The molecule has 0 radical (unpaired) electrons. The molecule has 1 aliphatic heterocycles. The van der Waals surface area contributed by atoms with E-state index in [0.717, 1.165) is 36.1 Å². The zero-order valence-corrected chi connectivity index (χ0v) is 14.2. The second kappa shape index (κ2) is 7.45. The number of hydrogen-bond donors (Lipinski definition) is 2. The number of nitrogens with zero attached hydrogens (tertiary/aromatic N) is 3. The largest absolute Gasteiger partial charge is 0.376 e. The first-order valence-electron chi connectivity index (χ1n) is 8.64. The molecule has 1 saturated heterocycles. The normalized spacial score (nSPS) is 16.5. The highest BCUT2D eigenvalue weighted by Gasteiger charge is 2.16. The standard InChI is InChI=1S/C19H19N5O2/c25-19(20-12-17-2-1-11-26-17)16-9-5-14(6-10-16)13-3-7-15(8-4-13)18-21-23-24-22-18/h3-10,17H,1-2,11-12H2,(H,20,25)(H,21,22,23,24). The summed E-state index contributed by atoms with van der Waals surface area (Å²) in [4.78, 5) is 12.2. The highest BCUT2D eigenvalue weighted by molar-refractivity contribution is 5.94. The average Bonchev–Trinajstić information content (AvgIpc) is 3.40. The van der Waals surface area contributed by atoms with E-state index >= 15 is 0 Å². The minimum absolute atomic E-state index is 0.0699. The van der Waals surface area contributed by atoms with Crippen LogP contribution in [0.2, 0.25) is 0 Å². The fourth-order valence-corrected chi connectivity index (χ4v) is 3.02. The molecule has 0 saturated carbocycles. The first-order valence-corrected chi connectivity index (χ1v) is 8.64. The summed E-state index contributed by atoms with van der Waals surface area (Å²) in [5.41, 5.74) is 3.65. The predicted octanol–water partition coefficient (Wildman–Crippen LogP) is 2.44. The summed E-state index contributed by atoms with van der Waals surface area (Å²) in [7, 11) is 0. The Bertz CT molecular complexity index is 854. The minimum Gasteiger partial charge on any atom is -0.376 e. The fraction of sp³-hybridized carbons (Fsp3) is 0.263. The lowest BCUT2D eigenvalue weighted by atomic mass is 10.0. The van der Waals surface area contributed by atoms with Crippen molar-refractivity contribution >= 4 is 5.91 Å². The van der Waals surface area contributed by atoms with Crippen LogP contribution in [0.4, 0.5) is 0 Å². The molecule has 1 fully saturated rings. The van der Waals surface area contributed by atoms with Crippen LogP contribution in [0.3, 0.4) is 0 Å². The number of nitrogens with one attached hydrogen (secondary N) is 2. The van der Waals surface area contributed by atoms with Crippen LogP contribution in [-0.2, 0) is 4.74 Å². The summed E-state index contributed by atoms with van der Waals surface area (Å²) >= 11 is 0. The number of ether oxygens (including phenoxy) is 1. The highest BCUT2D eigenvalue weighted by atomic mass is 16.5. The molecule has 1 atom stereocenters. The van der Waals surface area contributed by atoms with Crippen LogP contribution >= 0.6 is 0 Å². The van der Waals surface area contributed by atoms with Crippen molar-refractivity contribution in [1.82, 2.24) is 25.9 Å². The third-order valence-electron chi connectivity index (χ3n) is 4.48. The quantitative estimate of drug-likeness (QED) is 0.738. The van der Waals surface area contributed by atoms with Crippen LogP contribution in [0.25, 0.3) is 22.5 Å². The fourth-order valence-electron chi connectivity index (χ4n) is 3.02. The molecule has 2 heterocycles. The van der Waals surface area contributed by atoms with E-state index in [9.17, 15) is 4.79 Å². The van der Waals surface area contributed by atoms with Crippen molar-refractivity contribution in [2.75, 3.05) is 13.2 Å². The van der Waals surface area contributed by atoms with Gasteiger partial charge in [-0.2, -0.15) is 5.21 Å². The van der Waals surface area contributed by atoms with Gasteiger partial charge >= 0.3 is 0 Å². The van der Waals surface area contributed by atoms with Crippen LogP contribution in [-0.4, -0.2) is 45.8 Å². The smallest absolute Gasteiger partial charge is 0.251 e. The number of H-pyrrole nitrogens is 1. The molecule has 132 valence electrons. The topological polar surface area (TPSA) is 92.8 Å². The van der Waals surface area contributed by atoms with Crippen molar-refractivity contribution in [3.63, 3.8) is 0 Å². The third-order valence-corrected chi connectivity index (χ3v) is 4.48. The summed E-state index contributed by atoms with van der Waals surface area (Å²) in [6, 6.07) is 15.5. The average molecular weight is 349 g/mol. The zero-order chi connectivity index (χ0) is 17.8. The van der Waals surface area contributed by atoms with Gasteiger partial charge in [0.2, 0.25) is 5.82 Å². The molecule has 3 aromatic rings. The van der Waals surface area contributed by atoms with Crippen molar-refractivity contribution in [2.24, 2.45) is 0 Å². The van der Waals surface area contributed by atoms with Gasteiger partial charge in [-0.05, 0) is 41.3 Å². The van der Waals surface area contributed by atoms with E-state index in [-0.39, 0.29) is 12.0 Å². The van der Waals surface area contributed by atoms with Gasteiger partial charge in [0.05, 0.1) is 6.10 Å². The first-order chi connectivity index (χ1) is 12.8. The first kappa shape index (κ1) is 16.4. The number of amides is 1. The number of carbonyl (C=O) groups excluding carboxylic acids is 1. The summed E-state index contributed by atoms with van der Waals surface area (Å²) in [6.45, 7) is 1.36. The molecule has 0 bridgehead atoms. The Hall–Kier alpha value is -3.06. The number of aromatic nitrogens is 4. The Kier molecular flexibility index (Phi) is 4.70. The Morgan fingerprint density at radius 1 is 1.08 bits per heavy atom. The van der Waals surface area contributed by atoms with Gasteiger partial charge < -0.3 is 10.1 Å². The maximum absolute atomic E-state index is 12.2. The third kappa shape index (κ3) is 3.62. The predicted molar refractivity (Wildman–Crippen MR) is 96.4 cm³/mol. The maximum atomic E-state index is 12.2. The summed E-state index contributed by atoms with van der Waals surface area (Å²) in [6.07, 6.45) is 2.23. The van der Waals surface area contributed by atoms with E-state index in [1.807, 2.05) is 48.5 Å². The lowest BCUT2D eigenvalue weighted by molar-refractivity contribution is 0.0858. The van der Waals surface area contributed by atoms with Crippen LogP contribution in [0.1, 0.15) is 23.2 Å². The SMILES string of the molecule is O=C(NCC1CCCO1)c1ccc(-c2ccc(-c3nn[nH]n3)cc2)cc1. The molecule has 7 heteroatoms. The van der Waals surface area contributed by atoms with E-state index < -0.39 is 0 Å².